The molecule has 5 nitrogen and oxygen atoms in total. The summed E-state index contributed by atoms with van der Waals surface area (Å²) >= 11 is 0. The summed E-state index contributed by atoms with van der Waals surface area (Å²) in [5.41, 5.74) is 7.36. The molecule has 0 saturated carbocycles. The third kappa shape index (κ3) is 2.22. The first-order valence-corrected chi connectivity index (χ1v) is 5.59. The number of anilines is 1. The molecule has 2 heterocycles. The van der Waals surface area contributed by atoms with Crippen molar-refractivity contribution in [3.8, 4) is 5.69 Å². The van der Waals surface area contributed by atoms with Gasteiger partial charge in [-0.3, -0.25) is 14.9 Å². The zero-order valence-electron chi connectivity index (χ0n) is 9.97. The van der Waals surface area contributed by atoms with Crippen molar-refractivity contribution in [2.75, 3.05) is 5.73 Å². The topological polar surface area (TPSA) is 76.7 Å². The molecule has 0 amide bonds. The van der Waals surface area contributed by atoms with Gasteiger partial charge in [-0.1, -0.05) is 13.8 Å². The standard InChI is InChI=1S/C12H16N4O/c1-8(2)6-10-11(13)12(17)16(15-10)9-4-3-5-14-7-9/h3-5,7-8,15H,6,13H2,1-2H3. The Morgan fingerprint density at radius 3 is 2.88 bits per heavy atom. The molecular formula is C12H16N4O. The molecule has 0 bridgehead atoms. The second-order valence-corrected chi connectivity index (χ2v) is 4.45. The molecule has 0 aliphatic carbocycles. The number of aromatic amines is 1. The van der Waals surface area contributed by atoms with Gasteiger partial charge in [0, 0.05) is 6.20 Å². The van der Waals surface area contributed by atoms with Crippen molar-refractivity contribution in [3.05, 3.63) is 40.6 Å². The number of nitrogen functional groups attached to an aromatic ring is 1. The Morgan fingerprint density at radius 2 is 2.29 bits per heavy atom. The van der Waals surface area contributed by atoms with Crippen LogP contribution < -0.4 is 11.3 Å². The number of aromatic nitrogens is 3. The summed E-state index contributed by atoms with van der Waals surface area (Å²) in [5, 5.41) is 3.04. The number of hydrogen-bond donors (Lipinski definition) is 2. The van der Waals surface area contributed by atoms with E-state index in [2.05, 4.69) is 23.9 Å². The van der Waals surface area contributed by atoms with Crippen molar-refractivity contribution in [3.63, 3.8) is 0 Å². The first-order valence-electron chi connectivity index (χ1n) is 5.59. The lowest BCUT2D eigenvalue weighted by atomic mass is 10.1. The Balaban J connectivity index is 2.47. The Kier molecular flexibility index (Phi) is 2.99. The summed E-state index contributed by atoms with van der Waals surface area (Å²) in [6.45, 7) is 4.17. The highest BCUT2D eigenvalue weighted by molar-refractivity contribution is 5.44. The van der Waals surface area contributed by atoms with Gasteiger partial charge in [0.05, 0.1) is 17.6 Å². The van der Waals surface area contributed by atoms with Gasteiger partial charge < -0.3 is 5.73 Å². The number of nitrogens with one attached hydrogen (secondary N) is 1. The summed E-state index contributed by atoms with van der Waals surface area (Å²) in [4.78, 5) is 15.9. The maximum absolute atomic E-state index is 12.0. The molecule has 0 fully saturated rings. The molecule has 0 aromatic carbocycles. The first-order chi connectivity index (χ1) is 8.09. The number of H-pyrrole nitrogens is 1. The van der Waals surface area contributed by atoms with E-state index in [1.54, 1.807) is 18.5 Å². The lowest BCUT2D eigenvalue weighted by Gasteiger charge is -2.03. The number of hydrogen-bond acceptors (Lipinski definition) is 3. The van der Waals surface area contributed by atoms with Gasteiger partial charge >= 0.3 is 0 Å². The third-order valence-electron chi connectivity index (χ3n) is 2.52. The minimum absolute atomic E-state index is 0.214. The van der Waals surface area contributed by atoms with Crippen LogP contribution in [0.2, 0.25) is 0 Å². The van der Waals surface area contributed by atoms with E-state index in [1.165, 1.54) is 4.68 Å². The van der Waals surface area contributed by atoms with E-state index in [1.807, 2.05) is 6.07 Å². The predicted molar refractivity (Wildman–Crippen MR) is 67.1 cm³/mol. The Hall–Kier alpha value is -2.04. The molecule has 3 N–H and O–H groups in total. The maximum Gasteiger partial charge on any atom is 0.294 e. The van der Waals surface area contributed by atoms with Gasteiger partial charge in [0.25, 0.3) is 5.56 Å². The zero-order chi connectivity index (χ0) is 12.4. The third-order valence-corrected chi connectivity index (χ3v) is 2.52. The fourth-order valence-electron chi connectivity index (χ4n) is 1.73. The molecular weight excluding hydrogens is 216 g/mol. The average molecular weight is 232 g/mol. The lowest BCUT2D eigenvalue weighted by molar-refractivity contribution is 0.628. The number of nitrogens with two attached hydrogens (primary N) is 1. The summed E-state index contributed by atoms with van der Waals surface area (Å²) < 4.78 is 1.43. The first kappa shape index (κ1) is 11.4. The molecule has 0 unspecified atom stereocenters. The second-order valence-electron chi connectivity index (χ2n) is 4.45. The predicted octanol–water partition coefficient (Wildman–Crippen LogP) is 1.34. The summed E-state index contributed by atoms with van der Waals surface area (Å²) in [5.74, 6) is 0.442. The van der Waals surface area contributed by atoms with Crippen LogP contribution in [0.3, 0.4) is 0 Å². The van der Waals surface area contributed by atoms with Crippen LogP contribution in [0.25, 0.3) is 5.69 Å². The van der Waals surface area contributed by atoms with Gasteiger partial charge in [-0.05, 0) is 24.5 Å². The van der Waals surface area contributed by atoms with Crippen LogP contribution in [0.5, 0.6) is 0 Å². The van der Waals surface area contributed by atoms with Crippen molar-refractivity contribution in [2.24, 2.45) is 5.92 Å². The van der Waals surface area contributed by atoms with Gasteiger partial charge in [0.15, 0.2) is 0 Å². The number of nitrogens with zero attached hydrogens (tertiary/aromatic N) is 2. The SMILES string of the molecule is CC(C)Cc1[nH]n(-c2cccnc2)c(=O)c1N. The van der Waals surface area contributed by atoms with Crippen molar-refractivity contribution in [1.82, 2.24) is 14.8 Å². The molecule has 2 rings (SSSR count). The van der Waals surface area contributed by atoms with Crippen molar-refractivity contribution >= 4 is 5.69 Å². The smallest absolute Gasteiger partial charge is 0.294 e. The molecule has 5 heteroatoms. The van der Waals surface area contributed by atoms with E-state index in [9.17, 15) is 4.79 Å². The fraction of sp³-hybridized carbons (Fsp3) is 0.333. The Labute approximate surface area is 99.3 Å². The minimum Gasteiger partial charge on any atom is -0.393 e. The molecule has 0 radical (unpaired) electrons. The van der Waals surface area contributed by atoms with E-state index in [0.717, 1.165) is 12.1 Å². The van der Waals surface area contributed by atoms with Crippen LogP contribution in [-0.4, -0.2) is 14.8 Å². The average Bonchev–Trinajstić information content (AvgIpc) is 2.58. The van der Waals surface area contributed by atoms with E-state index in [-0.39, 0.29) is 5.56 Å². The number of rotatable bonds is 3. The molecule has 90 valence electrons. The normalized spacial score (nSPS) is 11.0. The maximum atomic E-state index is 12.0. The van der Waals surface area contributed by atoms with Crippen LogP contribution >= 0.6 is 0 Å². The van der Waals surface area contributed by atoms with Crippen LogP contribution in [0.15, 0.2) is 29.3 Å². The van der Waals surface area contributed by atoms with Crippen molar-refractivity contribution < 1.29 is 0 Å². The molecule has 2 aromatic rings. The minimum atomic E-state index is -0.214. The lowest BCUT2D eigenvalue weighted by Crippen LogP contribution is -2.16. The van der Waals surface area contributed by atoms with E-state index < -0.39 is 0 Å². The van der Waals surface area contributed by atoms with Gasteiger partial charge in [-0.2, -0.15) is 0 Å². The second kappa shape index (κ2) is 4.45. The van der Waals surface area contributed by atoms with Crippen LogP contribution in [0.1, 0.15) is 19.5 Å². The van der Waals surface area contributed by atoms with Crippen molar-refractivity contribution in [2.45, 2.75) is 20.3 Å². The van der Waals surface area contributed by atoms with Crippen LogP contribution in [0.4, 0.5) is 5.69 Å². The zero-order valence-corrected chi connectivity index (χ0v) is 9.97. The van der Waals surface area contributed by atoms with Crippen molar-refractivity contribution in [1.29, 1.82) is 0 Å². The molecule has 2 aromatic heterocycles. The monoisotopic (exact) mass is 232 g/mol. The largest absolute Gasteiger partial charge is 0.393 e. The Bertz CT molecular complexity index is 554. The molecule has 0 spiro atoms. The molecule has 0 aliphatic rings. The van der Waals surface area contributed by atoms with Gasteiger partial charge in [0.2, 0.25) is 0 Å². The fourth-order valence-corrected chi connectivity index (χ4v) is 1.73. The van der Waals surface area contributed by atoms with Gasteiger partial charge in [-0.25, -0.2) is 4.68 Å². The quantitative estimate of drug-likeness (QED) is 0.838. The van der Waals surface area contributed by atoms with Crippen LogP contribution in [-0.2, 0) is 6.42 Å². The highest BCUT2D eigenvalue weighted by Gasteiger charge is 2.13. The summed E-state index contributed by atoms with van der Waals surface area (Å²) in [7, 11) is 0. The molecule has 0 atom stereocenters. The van der Waals surface area contributed by atoms with Gasteiger partial charge in [0.1, 0.15) is 5.69 Å². The van der Waals surface area contributed by atoms with E-state index in [0.29, 0.717) is 17.3 Å². The highest BCUT2D eigenvalue weighted by atomic mass is 16.1. The van der Waals surface area contributed by atoms with Gasteiger partial charge in [-0.15, -0.1) is 0 Å². The molecule has 0 aliphatic heterocycles. The number of pyridine rings is 1. The summed E-state index contributed by atoms with van der Waals surface area (Å²) in [6.07, 6.45) is 4.04. The van der Waals surface area contributed by atoms with E-state index in [4.69, 9.17) is 5.73 Å². The Morgan fingerprint density at radius 1 is 1.53 bits per heavy atom. The molecule has 0 saturated heterocycles. The molecule has 17 heavy (non-hydrogen) atoms. The highest BCUT2D eigenvalue weighted by Crippen LogP contribution is 2.12. The van der Waals surface area contributed by atoms with Crippen LogP contribution in [0, 0.1) is 5.92 Å². The van der Waals surface area contributed by atoms with E-state index >= 15 is 0 Å². The summed E-state index contributed by atoms with van der Waals surface area (Å²) in [6, 6.07) is 3.59.